The van der Waals surface area contributed by atoms with Gasteiger partial charge in [0, 0.05) is 0 Å². The van der Waals surface area contributed by atoms with Crippen LogP contribution in [0, 0.1) is 22.7 Å². The summed E-state index contributed by atoms with van der Waals surface area (Å²) in [6.07, 6.45) is -1.61. The molecule has 0 unspecified atom stereocenters. The average Bonchev–Trinajstić information content (AvgIpc) is 2.39. The van der Waals surface area contributed by atoms with Crippen LogP contribution in [-0.2, 0) is 9.53 Å². The van der Waals surface area contributed by atoms with Gasteiger partial charge in [-0.3, -0.25) is 0 Å². The summed E-state index contributed by atoms with van der Waals surface area (Å²) in [5.74, 6) is -0.142. The minimum atomic E-state index is -0.811. The number of esters is 1. The van der Waals surface area contributed by atoms with Crippen molar-refractivity contribution in [3.63, 3.8) is 0 Å². The second-order valence-corrected chi connectivity index (χ2v) is 3.60. The molecule has 0 aromatic heterocycles. The molecule has 0 N–H and O–H groups in total. The van der Waals surface area contributed by atoms with E-state index in [2.05, 4.69) is 0 Å². The zero-order valence-corrected chi connectivity index (χ0v) is 10.1. The highest BCUT2D eigenvalue weighted by atomic mass is 16.6. The minimum absolute atomic E-state index is 0.461. The zero-order valence-electron chi connectivity index (χ0n) is 10.1. The first-order valence-corrected chi connectivity index (χ1v) is 5.33. The topological polar surface area (TPSA) is 83.1 Å². The van der Waals surface area contributed by atoms with Gasteiger partial charge in [0.2, 0.25) is 0 Å². The lowest BCUT2D eigenvalue weighted by molar-refractivity contribution is -0.153. The summed E-state index contributed by atoms with van der Waals surface area (Å²) in [4.78, 5) is 11.5. The first-order chi connectivity index (χ1) is 8.56. The molecule has 2 atom stereocenters. The average molecular weight is 244 g/mol. The van der Waals surface area contributed by atoms with Gasteiger partial charge in [-0.25, -0.2) is 4.79 Å². The Morgan fingerprint density at radius 1 is 1.22 bits per heavy atom. The second kappa shape index (κ2) is 6.27. The molecule has 0 bridgehead atoms. The van der Waals surface area contributed by atoms with Crippen molar-refractivity contribution < 1.29 is 14.3 Å². The third kappa shape index (κ3) is 3.80. The van der Waals surface area contributed by atoms with Crippen LogP contribution in [0.2, 0.25) is 0 Å². The number of carbonyl (C=O) groups is 1. The van der Waals surface area contributed by atoms with Gasteiger partial charge in [-0.2, -0.15) is 10.5 Å². The van der Waals surface area contributed by atoms with E-state index in [4.69, 9.17) is 20.0 Å². The normalized spacial score (nSPS) is 12.7. The first-order valence-electron chi connectivity index (χ1n) is 5.33. The highest BCUT2D eigenvalue weighted by Crippen LogP contribution is 2.14. The van der Waals surface area contributed by atoms with Crippen molar-refractivity contribution in [3.05, 3.63) is 29.8 Å². The van der Waals surface area contributed by atoms with Gasteiger partial charge in [-0.15, -0.1) is 0 Å². The predicted octanol–water partition coefficient (Wildman–Crippen LogP) is 1.78. The van der Waals surface area contributed by atoms with E-state index in [0.29, 0.717) is 11.3 Å². The molecule has 1 aromatic carbocycles. The maximum Gasteiger partial charge on any atom is 0.348 e. The van der Waals surface area contributed by atoms with Crippen molar-refractivity contribution in [3.8, 4) is 17.9 Å². The maximum absolute atomic E-state index is 11.5. The second-order valence-electron chi connectivity index (χ2n) is 3.60. The Hall–Kier alpha value is -2.53. The van der Waals surface area contributed by atoms with Gasteiger partial charge >= 0.3 is 5.97 Å². The lowest BCUT2D eigenvalue weighted by Crippen LogP contribution is -2.28. The fourth-order valence-electron chi connectivity index (χ4n) is 1.16. The summed E-state index contributed by atoms with van der Waals surface area (Å²) in [6.45, 7) is 3.01. The SMILES string of the molecule is C[C@H](C#N)OC(=O)[C@@H](C)Oc1ccc(C#N)cc1. The Kier molecular flexibility index (Phi) is 4.71. The lowest BCUT2D eigenvalue weighted by Gasteiger charge is -2.14. The summed E-state index contributed by atoms with van der Waals surface area (Å²) in [6, 6.07) is 10.1. The fourth-order valence-corrected chi connectivity index (χ4v) is 1.16. The Morgan fingerprint density at radius 3 is 2.33 bits per heavy atom. The van der Waals surface area contributed by atoms with Gasteiger partial charge in [0.1, 0.15) is 11.8 Å². The molecule has 92 valence electrons. The van der Waals surface area contributed by atoms with Gasteiger partial charge in [-0.05, 0) is 38.1 Å². The zero-order chi connectivity index (χ0) is 13.5. The number of hydrogen-bond acceptors (Lipinski definition) is 5. The van der Waals surface area contributed by atoms with E-state index >= 15 is 0 Å². The van der Waals surface area contributed by atoms with E-state index in [1.54, 1.807) is 30.3 Å². The third-order valence-electron chi connectivity index (χ3n) is 2.10. The summed E-state index contributed by atoms with van der Waals surface area (Å²) in [7, 11) is 0. The van der Waals surface area contributed by atoms with Crippen molar-refractivity contribution in [2.45, 2.75) is 26.1 Å². The number of rotatable bonds is 4. The van der Waals surface area contributed by atoms with Crippen LogP contribution in [0.15, 0.2) is 24.3 Å². The van der Waals surface area contributed by atoms with Gasteiger partial charge in [0.05, 0.1) is 11.6 Å². The molecule has 0 fully saturated rings. The van der Waals surface area contributed by atoms with Crippen molar-refractivity contribution in [2.24, 2.45) is 0 Å². The number of nitriles is 2. The number of hydrogen-bond donors (Lipinski definition) is 0. The van der Waals surface area contributed by atoms with E-state index < -0.39 is 18.2 Å². The van der Waals surface area contributed by atoms with Gasteiger partial charge < -0.3 is 9.47 Å². The molecule has 0 amide bonds. The first kappa shape index (κ1) is 13.5. The maximum atomic E-state index is 11.5. The minimum Gasteiger partial charge on any atom is -0.479 e. The molecule has 0 aliphatic carbocycles. The van der Waals surface area contributed by atoms with Crippen LogP contribution < -0.4 is 4.74 Å². The highest BCUT2D eigenvalue weighted by Gasteiger charge is 2.18. The van der Waals surface area contributed by atoms with Crippen molar-refractivity contribution in [2.75, 3.05) is 0 Å². The van der Waals surface area contributed by atoms with Crippen LogP contribution >= 0.6 is 0 Å². The van der Waals surface area contributed by atoms with E-state index in [1.807, 2.05) is 6.07 Å². The van der Waals surface area contributed by atoms with Crippen LogP contribution in [0.25, 0.3) is 0 Å². The van der Waals surface area contributed by atoms with Crippen LogP contribution in [0.4, 0.5) is 0 Å². The van der Waals surface area contributed by atoms with Crippen LogP contribution in [-0.4, -0.2) is 18.2 Å². The van der Waals surface area contributed by atoms with Gasteiger partial charge in [0.25, 0.3) is 0 Å². The Balaban J connectivity index is 2.59. The van der Waals surface area contributed by atoms with Crippen LogP contribution in [0.1, 0.15) is 19.4 Å². The molecular weight excluding hydrogens is 232 g/mol. The van der Waals surface area contributed by atoms with E-state index in [9.17, 15) is 4.79 Å². The summed E-state index contributed by atoms with van der Waals surface area (Å²) < 4.78 is 10.1. The lowest BCUT2D eigenvalue weighted by atomic mass is 10.2. The van der Waals surface area contributed by atoms with Crippen molar-refractivity contribution in [1.82, 2.24) is 0 Å². The smallest absolute Gasteiger partial charge is 0.348 e. The molecule has 1 aromatic rings. The standard InChI is InChI=1S/C13H12N2O3/c1-9(7-14)17-13(16)10(2)18-12-5-3-11(8-15)4-6-12/h3-6,9-10H,1-2H3/t9-,10-/m1/s1. The van der Waals surface area contributed by atoms with E-state index in [1.165, 1.54) is 13.8 Å². The summed E-state index contributed by atoms with van der Waals surface area (Å²) in [5, 5.41) is 17.1. The van der Waals surface area contributed by atoms with Gasteiger partial charge in [-0.1, -0.05) is 0 Å². The molecule has 5 heteroatoms. The molecule has 5 nitrogen and oxygen atoms in total. The molecule has 0 aliphatic rings. The van der Waals surface area contributed by atoms with E-state index in [0.717, 1.165) is 0 Å². The van der Waals surface area contributed by atoms with Crippen LogP contribution in [0.3, 0.4) is 0 Å². The van der Waals surface area contributed by atoms with E-state index in [-0.39, 0.29) is 0 Å². The molecule has 0 saturated carbocycles. The largest absolute Gasteiger partial charge is 0.479 e. The van der Waals surface area contributed by atoms with Crippen LogP contribution in [0.5, 0.6) is 5.75 Å². The number of ether oxygens (including phenoxy) is 2. The molecule has 0 radical (unpaired) electrons. The predicted molar refractivity (Wildman–Crippen MR) is 62.4 cm³/mol. The van der Waals surface area contributed by atoms with Crippen molar-refractivity contribution >= 4 is 5.97 Å². The molecule has 0 saturated heterocycles. The molecule has 1 rings (SSSR count). The Bertz CT molecular complexity index is 496. The number of nitrogens with zero attached hydrogens (tertiary/aromatic N) is 2. The quantitative estimate of drug-likeness (QED) is 0.754. The molecule has 18 heavy (non-hydrogen) atoms. The fraction of sp³-hybridized carbons (Fsp3) is 0.308. The molecule has 0 aliphatic heterocycles. The molecule has 0 spiro atoms. The summed E-state index contributed by atoms with van der Waals surface area (Å²) in [5.41, 5.74) is 0.510. The number of benzene rings is 1. The molecule has 0 heterocycles. The Morgan fingerprint density at radius 2 is 1.83 bits per heavy atom. The monoisotopic (exact) mass is 244 g/mol. The highest BCUT2D eigenvalue weighted by molar-refractivity contribution is 5.75. The third-order valence-corrected chi connectivity index (χ3v) is 2.10. The van der Waals surface area contributed by atoms with Gasteiger partial charge in [0.15, 0.2) is 12.2 Å². The number of carbonyl (C=O) groups excluding carboxylic acids is 1. The van der Waals surface area contributed by atoms with Crippen molar-refractivity contribution in [1.29, 1.82) is 10.5 Å². The summed E-state index contributed by atoms with van der Waals surface area (Å²) >= 11 is 0. The Labute approximate surface area is 105 Å². The molecular formula is C13H12N2O3.